The number of anilines is 1. The normalized spacial score (nSPS) is 24.7. The number of rotatable bonds is 1. The largest absolute Gasteiger partial charge is 0.333 e. The molecule has 21 heavy (non-hydrogen) atoms. The predicted molar refractivity (Wildman–Crippen MR) is 91.4 cm³/mol. The Morgan fingerprint density at radius 2 is 2.19 bits per heavy atom. The molecule has 4 rings (SSSR count). The minimum absolute atomic E-state index is 0.514. The number of aromatic nitrogens is 1. The quantitative estimate of drug-likeness (QED) is 0.837. The van der Waals surface area contributed by atoms with Crippen molar-refractivity contribution in [1.82, 2.24) is 4.98 Å². The van der Waals surface area contributed by atoms with Crippen LogP contribution < -0.4 is 5.32 Å². The predicted octanol–water partition coefficient (Wildman–Crippen LogP) is 4.57. The van der Waals surface area contributed by atoms with Gasteiger partial charge in [0.1, 0.15) is 0 Å². The molecule has 0 radical (unpaired) electrons. The van der Waals surface area contributed by atoms with E-state index in [1.165, 1.54) is 25.0 Å². The van der Waals surface area contributed by atoms with Gasteiger partial charge in [0, 0.05) is 17.3 Å². The number of fused-ring (bicyclic) bond motifs is 2. The molecule has 0 amide bonds. The summed E-state index contributed by atoms with van der Waals surface area (Å²) in [5.41, 5.74) is 1.89. The van der Waals surface area contributed by atoms with Crippen molar-refractivity contribution in [3.05, 3.63) is 35.5 Å². The monoisotopic (exact) mass is 317 g/mol. The molecule has 2 aromatic rings. The number of pyridine rings is 1. The second kappa shape index (κ2) is 5.50. The molecule has 0 bridgehead atoms. The fourth-order valence-corrected chi connectivity index (χ4v) is 4.55. The first kappa shape index (κ1) is 13.4. The molecule has 1 fully saturated rings. The third kappa shape index (κ3) is 2.51. The lowest BCUT2D eigenvalue weighted by molar-refractivity contribution is 0.535. The topological polar surface area (TPSA) is 37.3 Å². The lowest BCUT2D eigenvalue weighted by atomic mass is 10.1. The fourth-order valence-electron chi connectivity index (χ4n) is 3.18. The van der Waals surface area contributed by atoms with Gasteiger partial charge in [0.15, 0.2) is 5.17 Å². The summed E-state index contributed by atoms with van der Waals surface area (Å²) in [6, 6.07) is 8.33. The van der Waals surface area contributed by atoms with Crippen molar-refractivity contribution in [2.24, 2.45) is 10.9 Å². The maximum absolute atomic E-state index is 6.24. The molecule has 1 aromatic carbocycles. The number of thioether (sulfide) groups is 1. The third-order valence-corrected chi connectivity index (χ3v) is 5.70. The molecule has 1 aliphatic carbocycles. The Kier molecular flexibility index (Phi) is 3.51. The van der Waals surface area contributed by atoms with E-state index in [4.69, 9.17) is 16.6 Å². The van der Waals surface area contributed by atoms with Gasteiger partial charge in [-0.2, -0.15) is 0 Å². The molecule has 2 heterocycles. The number of halogens is 1. The highest BCUT2D eigenvalue weighted by Gasteiger charge is 2.31. The van der Waals surface area contributed by atoms with E-state index < -0.39 is 0 Å². The summed E-state index contributed by atoms with van der Waals surface area (Å²) >= 11 is 8.07. The molecule has 2 atom stereocenters. The molecule has 0 saturated heterocycles. The van der Waals surface area contributed by atoms with Gasteiger partial charge in [-0.15, -0.1) is 0 Å². The maximum Gasteiger partial charge on any atom is 0.161 e. The van der Waals surface area contributed by atoms with Gasteiger partial charge in [-0.1, -0.05) is 29.8 Å². The Morgan fingerprint density at radius 3 is 3.14 bits per heavy atom. The van der Waals surface area contributed by atoms with E-state index in [0.29, 0.717) is 6.04 Å². The Hall–Kier alpha value is -1.26. The highest BCUT2D eigenvalue weighted by atomic mass is 35.5. The first-order valence-electron chi connectivity index (χ1n) is 7.32. The molecule has 3 nitrogen and oxygen atoms in total. The SMILES string of the molecule is Clc1ccc(NC2=NC3CCCC3CS2)c2ncccc12. The van der Waals surface area contributed by atoms with Crippen LogP contribution in [0.15, 0.2) is 35.5 Å². The summed E-state index contributed by atoms with van der Waals surface area (Å²) in [4.78, 5) is 9.34. The lowest BCUT2D eigenvalue weighted by Crippen LogP contribution is -2.25. The summed E-state index contributed by atoms with van der Waals surface area (Å²) in [5.74, 6) is 1.95. The van der Waals surface area contributed by atoms with Crippen molar-refractivity contribution in [2.45, 2.75) is 25.3 Å². The van der Waals surface area contributed by atoms with Crippen molar-refractivity contribution in [2.75, 3.05) is 11.1 Å². The first-order chi connectivity index (χ1) is 10.3. The van der Waals surface area contributed by atoms with E-state index in [-0.39, 0.29) is 0 Å². The van der Waals surface area contributed by atoms with Crippen LogP contribution in [0.1, 0.15) is 19.3 Å². The summed E-state index contributed by atoms with van der Waals surface area (Å²) in [5, 5.41) is 6.19. The Bertz CT molecular complexity index is 716. The van der Waals surface area contributed by atoms with Crippen LogP contribution in [0.2, 0.25) is 5.02 Å². The van der Waals surface area contributed by atoms with Gasteiger partial charge in [-0.05, 0) is 43.0 Å². The summed E-state index contributed by atoms with van der Waals surface area (Å²) < 4.78 is 0. The Balaban J connectivity index is 1.67. The first-order valence-corrected chi connectivity index (χ1v) is 8.68. The van der Waals surface area contributed by atoms with Crippen LogP contribution in [-0.2, 0) is 0 Å². The number of hydrogen-bond acceptors (Lipinski definition) is 4. The molecule has 1 aliphatic heterocycles. The standard InChI is InChI=1S/C16H16ClN3S/c17-12-6-7-14(15-11(12)4-2-8-18-15)20-16-19-13-5-1-3-10(13)9-21-16/h2,4,6-8,10,13H,1,3,5,9H2,(H,19,20). The Labute approximate surface area is 133 Å². The zero-order valence-corrected chi connectivity index (χ0v) is 13.1. The van der Waals surface area contributed by atoms with Gasteiger partial charge >= 0.3 is 0 Å². The van der Waals surface area contributed by atoms with E-state index >= 15 is 0 Å². The summed E-state index contributed by atoms with van der Waals surface area (Å²) in [6.07, 6.45) is 5.68. The number of nitrogens with zero attached hydrogens (tertiary/aromatic N) is 2. The number of amidine groups is 1. The van der Waals surface area contributed by atoms with Crippen LogP contribution in [-0.4, -0.2) is 21.9 Å². The number of nitrogens with one attached hydrogen (secondary N) is 1. The smallest absolute Gasteiger partial charge is 0.161 e. The summed E-state index contributed by atoms with van der Waals surface area (Å²) in [7, 11) is 0. The van der Waals surface area contributed by atoms with Gasteiger partial charge < -0.3 is 5.32 Å². The molecule has 2 unspecified atom stereocenters. The molecule has 1 saturated carbocycles. The van der Waals surface area contributed by atoms with E-state index in [2.05, 4.69) is 10.3 Å². The zero-order valence-electron chi connectivity index (χ0n) is 11.6. The molecular formula is C16H16ClN3S. The summed E-state index contributed by atoms with van der Waals surface area (Å²) in [6.45, 7) is 0. The van der Waals surface area contributed by atoms with Crippen LogP contribution in [0.5, 0.6) is 0 Å². The van der Waals surface area contributed by atoms with Crippen molar-refractivity contribution < 1.29 is 0 Å². The van der Waals surface area contributed by atoms with Gasteiger partial charge in [0.2, 0.25) is 0 Å². The van der Waals surface area contributed by atoms with Crippen molar-refractivity contribution in [3.8, 4) is 0 Å². The van der Waals surface area contributed by atoms with Crippen LogP contribution >= 0.6 is 23.4 Å². The van der Waals surface area contributed by atoms with Gasteiger partial charge in [0.25, 0.3) is 0 Å². The number of benzene rings is 1. The van der Waals surface area contributed by atoms with Gasteiger partial charge in [-0.3, -0.25) is 9.98 Å². The molecular weight excluding hydrogens is 302 g/mol. The molecule has 5 heteroatoms. The van der Waals surface area contributed by atoms with Crippen molar-refractivity contribution >= 4 is 45.1 Å². The van der Waals surface area contributed by atoms with Crippen LogP contribution in [0, 0.1) is 5.92 Å². The van der Waals surface area contributed by atoms with Crippen LogP contribution in [0.25, 0.3) is 10.9 Å². The van der Waals surface area contributed by atoms with E-state index in [0.717, 1.165) is 32.7 Å². The van der Waals surface area contributed by atoms with E-state index in [1.54, 1.807) is 6.20 Å². The fraction of sp³-hybridized carbons (Fsp3) is 0.375. The van der Waals surface area contributed by atoms with E-state index in [1.807, 2.05) is 36.0 Å². The average Bonchev–Trinajstić information content (AvgIpc) is 2.98. The van der Waals surface area contributed by atoms with Crippen molar-refractivity contribution in [3.63, 3.8) is 0 Å². The highest BCUT2D eigenvalue weighted by Crippen LogP contribution is 2.36. The van der Waals surface area contributed by atoms with E-state index in [9.17, 15) is 0 Å². The second-order valence-corrected chi connectivity index (χ2v) is 7.04. The average molecular weight is 318 g/mol. The van der Waals surface area contributed by atoms with Gasteiger partial charge in [-0.25, -0.2) is 0 Å². The van der Waals surface area contributed by atoms with Gasteiger partial charge in [0.05, 0.1) is 22.3 Å². The maximum atomic E-state index is 6.24. The number of hydrogen-bond donors (Lipinski definition) is 1. The molecule has 1 N–H and O–H groups in total. The molecule has 0 spiro atoms. The molecule has 2 aliphatic rings. The minimum Gasteiger partial charge on any atom is -0.333 e. The third-order valence-electron chi connectivity index (χ3n) is 4.29. The second-order valence-electron chi connectivity index (χ2n) is 5.62. The molecule has 108 valence electrons. The Morgan fingerprint density at radius 1 is 1.24 bits per heavy atom. The highest BCUT2D eigenvalue weighted by molar-refractivity contribution is 8.14. The molecule has 1 aromatic heterocycles. The zero-order chi connectivity index (χ0) is 14.2. The lowest BCUT2D eigenvalue weighted by Gasteiger charge is -2.23. The van der Waals surface area contributed by atoms with Crippen LogP contribution in [0.4, 0.5) is 5.69 Å². The number of aliphatic imine (C=N–C) groups is 1. The minimum atomic E-state index is 0.514. The van der Waals surface area contributed by atoms with Crippen molar-refractivity contribution in [1.29, 1.82) is 0 Å². The van der Waals surface area contributed by atoms with Crippen LogP contribution in [0.3, 0.4) is 0 Å².